The number of hydrogen-bond acceptors (Lipinski definition) is 3. The zero-order valence-electron chi connectivity index (χ0n) is 15.3. The van der Waals surface area contributed by atoms with Gasteiger partial charge in [-0.3, -0.25) is 9.89 Å². The van der Waals surface area contributed by atoms with Crippen LogP contribution in [0, 0.1) is 6.92 Å². The molecule has 2 rings (SSSR count). The van der Waals surface area contributed by atoms with Gasteiger partial charge < -0.3 is 15.8 Å². The molecule has 1 aliphatic heterocycles. The number of rotatable bonds is 7. The van der Waals surface area contributed by atoms with Gasteiger partial charge in [0.15, 0.2) is 5.96 Å². The molecule has 5 nitrogen and oxygen atoms in total. The number of nitrogens with one attached hydrogen (secondary N) is 1. The maximum Gasteiger partial charge on any atom is 0.188 e. The monoisotopic (exact) mass is 332 g/mol. The van der Waals surface area contributed by atoms with Crippen molar-refractivity contribution >= 4 is 5.96 Å². The average molecular weight is 332 g/mol. The highest BCUT2D eigenvalue weighted by molar-refractivity contribution is 5.77. The molecule has 1 aromatic carbocycles. The lowest BCUT2D eigenvalue weighted by atomic mass is 9.82. The molecule has 0 saturated carbocycles. The van der Waals surface area contributed by atoms with E-state index in [1.165, 1.54) is 11.1 Å². The molecule has 0 amide bonds. The van der Waals surface area contributed by atoms with Gasteiger partial charge in [0.25, 0.3) is 0 Å². The second-order valence-corrected chi connectivity index (χ2v) is 7.13. The van der Waals surface area contributed by atoms with Gasteiger partial charge in [0.2, 0.25) is 0 Å². The van der Waals surface area contributed by atoms with Crippen molar-refractivity contribution < 1.29 is 4.74 Å². The van der Waals surface area contributed by atoms with E-state index in [-0.39, 0.29) is 5.41 Å². The van der Waals surface area contributed by atoms with Crippen LogP contribution < -0.4 is 11.1 Å². The fourth-order valence-electron chi connectivity index (χ4n) is 3.10. The van der Waals surface area contributed by atoms with Crippen LogP contribution in [-0.2, 0) is 10.2 Å². The molecule has 0 atom stereocenters. The molecule has 1 aromatic rings. The third-order valence-corrected chi connectivity index (χ3v) is 4.58. The zero-order valence-corrected chi connectivity index (χ0v) is 15.3. The van der Waals surface area contributed by atoms with E-state index in [4.69, 9.17) is 10.5 Å². The number of ether oxygens (including phenoxy) is 1. The summed E-state index contributed by atoms with van der Waals surface area (Å²) in [5.74, 6) is 0.540. The average Bonchev–Trinajstić information content (AvgIpc) is 2.58. The Bertz CT molecular complexity index is 536. The van der Waals surface area contributed by atoms with E-state index < -0.39 is 0 Å². The molecule has 0 radical (unpaired) electrons. The summed E-state index contributed by atoms with van der Waals surface area (Å²) in [5, 5.41) is 3.23. The first kappa shape index (κ1) is 18.7. The Labute approximate surface area is 146 Å². The third kappa shape index (κ3) is 5.80. The molecule has 1 saturated heterocycles. The van der Waals surface area contributed by atoms with Crippen LogP contribution in [0.4, 0.5) is 0 Å². The zero-order chi connectivity index (χ0) is 17.4. The van der Waals surface area contributed by atoms with E-state index in [9.17, 15) is 0 Å². The van der Waals surface area contributed by atoms with Crippen molar-refractivity contribution in [2.45, 2.75) is 32.6 Å². The molecule has 3 N–H and O–H groups in total. The van der Waals surface area contributed by atoms with Crippen LogP contribution in [-0.4, -0.2) is 56.8 Å². The summed E-state index contributed by atoms with van der Waals surface area (Å²) in [6, 6.07) is 8.48. The topological polar surface area (TPSA) is 62.9 Å². The Morgan fingerprint density at radius 2 is 2.00 bits per heavy atom. The van der Waals surface area contributed by atoms with E-state index >= 15 is 0 Å². The minimum absolute atomic E-state index is 0.0224. The highest BCUT2D eigenvalue weighted by atomic mass is 16.5. The molecule has 0 aliphatic carbocycles. The highest BCUT2D eigenvalue weighted by Gasteiger charge is 2.21. The Morgan fingerprint density at radius 1 is 1.29 bits per heavy atom. The SMILES string of the molecule is Cc1ccccc1C(C)(C)CN=C(N)NCCCN1CCOCC1. The van der Waals surface area contributed by atoms with E-state index in [1.54, 1.807) is 0 Å². The van der Waals surface area contributed by atoms with Crippen LogP contribution in [0.25, 0.3) is 0 Å². The number of guanidine groups is 1. The first-order valence-corrected chi connectivity index (χ1v) is 8.89. The summed E-state index contributed by atoms with van der Waals surface area (Å²) in [4.78, 5) is 6.98. The molecule has 24 heavy (non-hydrogen) atoms. The fraction of sp³-hybridized carbons (Fsp3) is 0.632. The lowest BCUT2D eigenvalue weighted by Crippen LogP contribution is -2.39. The standard InChI is InChI=1S/C19H32N4O/c1-16-7-4-5-8-17(16)19(2,3)15-22-18(20)21-9-6-10-23-11-13-24-14-12-23/h4-5,7-8H,6,9-15H2,1-3H3,(H3,20,21,22). The Kier molecular flexibility index (Phi) is 7.06. The van der Waals surface area contributed by atoms with E-state index in [0.29, 0.717) is 12.5 Å². The van der Waals surface area contributed by atoms with Gasteiger partial charge in [-0.2, -0.15) is 0 Å². The van der Waals surface area contributed by atoms with Gasteiger partial charge in [-0.15, -0.1) is 0 Å². The minimum Gasteiger partial charge on any atom is -0.379 e. The number of aryl methyl sites for hydroxylation is 1. The van der Waals surface area contributed by atoms with Gasteiger partial charge in [0.05, 0.1) is 19.8 Å². The predicted molar refractivity (Wildman–Crippen MR) is 101 cm³/mol. The van der Waals surface area contributed by atoms with Crippen molar-refractivity contribution in [3.05, 3.63) is 35.4 Å². The summed E-state index contributed by atoms with van der Waals surface area (Å²) < 4.78 is 5.36. The van der Waals surface area contributed by atoms with Crippen LogP contribution in [0.1, 0.15) is 31.4 Å². The molecule has 0 bridgehead atoms. The molecule has 1 fully saturated rings. The molecule has 0 unspecified atom stereocenters. The normalized spacial score (nSPS) is 17.0. The Hall–Kier alpha value is -1.59. The molecule has 1 aliphatic rings. The first-order valence-electron chi connectivity index (χ1n) is 8.89. The molecule has 134 valence electrons. The quantitative estimate of drug-likeness (QED) is 0.455. The van der Waals surface area contributed by atoms with Gasteiger partial charge in [0.1, 0.15) is 0 Å². The van der Waals surface area contributed by atoms with Gasteiger partial charge >= 0.3 is 0 Å². The molecule has 1 heterocycles. The van der Waals surface area contributed by atoms with Crippen molar-refractivity contribution in [3.8, 4) is 0 Å². The van der Waals surface area contributed by atoms with Gasteiger partial charge in [-0.25, -0.2) is 0 Å². The smallest absolute Gasteiger partial charge is 0.188 e. The van der Waals surface area contributed by atoms with Crippen molar-refractivity contribution in [2.24, 2.45) is 10.7 Å². The minimum atomic E-state index is -0.0224. The van der Waals surface area contributed by atoms with Crippen LogP contribution >= 0.6 is 0 Å². The first-order chi connectivity index (χ1) is 11.5. The Balaban J connectivity index is 1.73. The largest absolute Gasteiger partial charge is 0.379 e. The maximum absolute atomic E-state index is 6.02. The van der Waals surface area contributed by atoms with Gasteiger partial charge in [0, 0.05) is 25.0 Å². The van der Waals surface area contributed by atoms with Crippen LogP contribution in [0.5, 0.6) is 0 Å². The molecule has 0 aromatic heterocycles. The van der Waals surface area contributed by atoms with Crippen molar-refractivity contribution in [2.75, 3.05) is 45.9 Å². The fourth-order valence-corrected chi connectivity index (χ4v) is 3.10. The summed E-state index contributed by atoms with van der Waals surface area (Å²) in [6.45, 7) is 13.0. The lowest BCUT2D eigenvalue weighted by molar-refractivity contribution is 0.0376. The molecular formula is C19H32N4O. The van der Waals surface area contributed by atoms with Crippen molar-refractivity contribution in [1.82, 2.24) is 10.2 Å². The highest BCUT2D eigenvalue weighted by Crippen LogP contribution is 2.26. The van der Waals surface area contributed by atoms with Gasteiger partial charge in [-0.1, -0.05) is 38.1 Å². The van der Waals surface area contributed by atoms with E-state index in [0.717, 1.165) is 45.8 Å². The van der Waals surface area contributed by atoms with E-state index in [2.05, 4.69) is 60.2 Å². The number of aliphatic imine (C=N–C) groups is 1. The van der Waals surface area contributed by atoms with Crippen LogP contribution in [0.15, 0.2) is 29.3 Å². The van der Waals surface area contributed by atoms with Crippen LogP contribution in [0.3, 0.4) is 0 Å². The van der Waals surface area contributed by atoms with Crippen molar-refractivity contribution in [3.63, 3.8) is 0 Å². The second kappa shape index (κ2) is 9.04. The third-order valence-electron chi connectivity index (χ3n) is 4.58. The number of morpholine rings is 1. The predicted octanol–water partition coefficient (Wildman–Crippen LogP) is 1.90. The molecule has 5 heteroatoms. The summed E-state index contributed by atoms with van der Waals surface area (Å²) >= 11 is 0. The van der Waals surface area contributed by atoms with Crippen molar-refractivity contribution in [1.29, 1.82) is 0 Å². The lowest BCUT2D eigenvalue weighted by Gasteiger charge is -2.26. The summed E-state index contributed by atoms with van der Waals surface area (Å²) in [7, 11) is 0. The van der Waals surface area contributed by atoms with Gasteiger partial charge in [-0.05, 0) is 31.0 Å². The number of nitrogens with two attached hydrogens (primary N) is 1. The summed E-state index contributed by atoms with van der Waals surface area (Å²) in [6.07, 6.45) is 1.07. The maximum atomic E-state index is 6.02. The number of nitrogens with zero attached hydrogens (tertiary/aromatic N) is 2. The second-order valence-electron chi connectivity index (χ2n) is 7.13. The summed E-state index contributed by atoms with van der Waals surface area (Å²) in [5.41, 5.74) is 8.63. The molecular weight excluding hydrogens is 300 g/mol. The number of benzene rings is 1. The number of hydrogen-bond donors (Lipinski definition) is 2. The Morgan fingerprint density at radius 3 is 2.71 bits per heavy atom. The molecule has 0 spiro atoms. The van der Waals surface area contributed by atoms with Crippen LogP contribution in [0.2, 0.25) is 0 Å². The van der Waals surface area contributed by atoms with E-state index in [1.807, 2.05) is 0 Å².